The monoisotopic (exact) mass is 237 g/mol. The molecule has 0 aliphatic carbocycles. The number of pyridine rings is 1. The molecule has 0 bridgehead atoms. The van der Waals surface area contributed by atoms with Crippen molar-refractivity contribution < 1.29 is 4.92 Å². The number of nitrogens with zero attached hydrogens (tertiary/aromatic N) is 3. The van der Waals surface area contributed by atoms with Gasteiger partial charge in [-0.1, -0.05) is 0 Å². The number of rotatable bonds is 3. The van der Waals surface area contributed by atoms with E-state index in [1.807, 2.05) is 0 Å². The third-order valence-corrected chi connectivity index (χ3v) is 3.00. The van der Waals surface area contributed by atoms with Crippen molar-refractivity contribution in [3.05, 3.63) is 22.2 Å². The first-order chi connectivity index (χ1) is 8.11. The Labute approximate surface area is 98.7 Å². The van der Waals surface area contributed by atoms with Gasteiger partial charge in [-0.15, -0.1) is 0 Å². The van der Waals surface area contributed by atoms with E-state index in [1.165, 1.54) is 12.1 Å². The number of hydrazine groups is 1. The van der Waals surface area contributed by atoms with Crippen LogP contribution in [0.5, 0.6) is 0 Å². The van der Waals surface area contributed by atoms with Crippen molar-refractivity contribution in [1.29, 1.82) is 0 Å². The Kier molecular flexibility index (Phi) is 3.10. The minimum Gasteiger partial charge on any atom is -0.354 e. The van der Waals surface area contributed by atoms with E-state index >= 15 is 0 Å². The summed E-state index contributed by atoms with van der Waals surface area (Å²) in [6.45, 7) is 2.96. The first-order valence-electron chi connectivity index (χ1n) is 5.51. The van der Waals surface area contributed by atoms with Gasteiger partial charge >= 0.3 is 0 Å². The van der Waals surface area contributed by atoms with Gasteiger partial charge in [-0.05, 0) is 19.8 Å². The number of aromatic nitrogens is 1. The van der Waals surface area contributed by atoms with Gasteiger partial charge in [0.2, 0.25) is 0 Å². The lowest BCUT2D eigenvalue weighted by molar-refractivity contribution is -0.384. The van der Waals surface area contributed by atoms with E-state index in [0.717, 1.165) is 19.4 Å². The zero-order chi connectivity index (χ0) is 12.4. The molecule has 3 N–H and O–H groups in total. The van der Waals surface area contributed by atoms with Gasteiger partial charge in [0.05, 0.1) is 17.1 Å². The van der Waals surface area contributed by atoms with Crippen LogP contribution >= 0.6 is 0 Å². The van der Waals surface area contributed by atoms with Crippen molar-refractivity contribution >= 4 is 17.3 Å². The maximum Gasteiger partial charge on any atom is 0.276 e. The molecule has 0 saturated carbocycles. The van der Waals surface area contributed by atoms with Crippen LogP contribution in [-0.4, -0.2) is 22.5 Å². The Balaban J connectivity index is 2.38. The topological polar surface area (TPSA) is 97.3 Å². The fraction of sp³-hybridized carbons (Fsp3) is 0.500. The van der Waals surface area contributed by atoms with Crippen LogP contribution < -0.4 is 16.2 Å². The Morgan fingerprint density at radius 1 is 1.65 bits per heavy atom. The zero-order valence-corrected chi connectivity index (χ0v) is 9.59. The molecule has 92 valence electrons. The third kappa shape index (κ3) is 2.28. The molecule has 1 aromatic rings. The van der Waals surface area contributed by atoms with Gasteiger partial charge in [0.25, 0.3) is 5.69 Å². The Hall–Kier alpha value is -1.89. The minimum atomic E-state index is -0.438. The predicted molar refractivity (Wildman–Crippen MR) is 64.7 cm³/mol. The van der Waals surface area contributed by atoms with Gasteiger partial charge < -0.3 is 10.3 Å². The molecule has 1 saturated heterocycles. The van der Waals surface area contributed by atoms with Gasteiger partial charge in [-0.3, -0.25) is 10.1 Å². The minimum absolute atomic E-state index is 0.00190. The highest BCUT2D eigenvalue weighted by Gasteiger charge is 2.23. The van der Waals surface area contributed by atoms with E-state index in [9.17, 15) is 10.1 Å². The predicted octanol–water partition coefficient (Wildman–Crippen LogP) is 1.26. The first-order valence-corrected chi connectivity index (χ1v) is 5.51. The summed E-state index contributed by atoms with van der Waals surface area (Å²) in [4.78, 5) is 16.7. The van der Waals surface area contributed by atoms with Crippen molar-refractivity contribution in [1.82, 2.24) is 4.98 Å². The maximum absolute atomic E-state index is 10.8. The lowest BCUT2D eigenvalue weighted by Gasteiger charge is -2.22. The second-order valence-electron chi connectivity index (χ2n) is 4.15. The van der Waals surface area contributed by atoms with E-state index in [1.54, 1.807) is 0 Å². The number of nitro groups is 1. The lowest BCUT2D eigenvalue weighted by Crippen LogP contribution is -2.27. The summed E-state index contributed by atoms with van der Waals surface area (Å²) in [5, 5.41) is 10.8. The molecular formula is C10H15N5O2. The normalized spacial score (nSPS) is 19.4. The highest BCUT2D eigenvalue weighted by molar-refractivity contribution is 5.56. The fourth-order valence-corrected chi connectivity index (χ4v) is 2.10. The maximum atomic E-state index is 10.8. The molecule has 7 nitrogen and oxygen atoms in total. The second-order valence-corrected chi connectivity index (χ2v) is 4.15. The van der Waals surface area contributed by atoms with Gasteiger partial charge in [-0.2, -0.15) is 0 Å². The molecule has 1 aromatic heterocycles. The summed E-state index contributed by atoms with van der Waals surface area (Å²) in [7, 11) is 0. The fourth-order valence-electron chi connectivity index (χ4n) is 2.10. The van der Waals surface area contributed by atoms with E-state index in [2.05, 4.69) is 22.2 Å². The van der Waals surface area contributed by atoms with E-state index in [0.29, 0.717) is 17.7 Å². The Bertz CT molecular complexity index is 437. The summed E-state index contributed by atoms with van der Waals surface area (Å²) >= 11 is 0. The highest BCUT2D eigenvalue weighted by atomic mass is 16.6. The molecule has 2 rings (SSSR count). The number of nitrogen functional groups attached to an aromatic ring is 1. The average Bonchev–Trinajstić information content (AvgIpc) is 2.74. The van der Waals surface area contributed by atoms with Gasteiger partial charge in [0.15, 0.2) is 0 Å². The zero-order valence-electron chi connectivity index (χ0n) is 9.59. The first kappa shape index (κ1) is 11.6. The largest absolute Gasteiger partial charge is 0.354 e. The summed E-state index contributed by atoms with van der Waals surface area (Å²) < 4.78 is 0. The van der Waals surface area contributed by atoms with Crippen molar-refractivity contribution in [2.75, 3.05) is 16.9 Å². The van der Waals surface area contributed by atoms with Crippen LogP contribution in [0, 0.1) is 10.1 Å². The van der Waals surface area contributed by atoms with E-state index in [-0.39, 0.29) is 5.69 Å². The summed E-state index contributed by atoms with van der Waals surface area (Å²) in [5.41, 5.74) is 2.36. The molecule has 1 aliphatic rings. The van der Waals surface area contributed by atoms with Gasteiger partial charge in [0.1, 0.15) is 11.6 Å². The molecule has 1 unspecified atom stereocenters. The number of nitrogens with one attached hydrogen (secondary N) is 1. The van der Waals surface area contributed by atoms with E-state index in [4.69, 9.17) is 5.84 Å². The van der Waals surface area contributed by atoms with Crippen molar-refractivity contribution in [2.24, 2.45) is 5.84 Å². The summed E-state index contributed by atoms with van der Waals surface area (Å²) in [5.74, 6) is 6.19. The number of anilines is 2. The number of nitrogens with two attached hydrogens (primary N) is 1. The van der Waals surface area contributed by atoms with Crippen LogP contribution in [0.4, 0.5) is 17.3 Å². The standard InChI is InChI=1S/C10H15N5O2/c1-7-3-2-4-14(7)10-6-8(15(16)17)5-9(12-10)13-11/h5-7H,2-4,11H2,1H3,(H,12,13). The van der Waals surface area contributed by atoms with Crippen LogP contribution in [0.15, 0.2) is 12.1 Å². The highest BCUT2D eigenvalue weighted by Crippen LogP contribution is 2.28. The molecule has 0 amide bonds. The average molecular weight is 237 g/mol. The Morgan fingerprint density at radius 3 is 2.94 bits per heavy atom. The molecule has 2 heterocycles. The molecule has 0 radical (unpaired) electrons. The quantitative estimate of drug-likeness (QED) is 0.466. The van der Waals surface area contributed by atoms with Crippen molar-refractivity contribution in [3.63, 3.8) is 0 Å². The lowest BCUT2D eigenvalue weighted by atomic mass is 10.2. The molecule has 1 atom stereocenters. The smallest absolute Gasteiger partial charge is 0.276 e. The SMILES string of the molecule is CC1CCCN1c1cc([N+](=O)[O-])cc(NN)n1. The van der Waals surface area contributed by atoms with Crippen LogP contribution in [0.1, 0.15) is 19.8 Å². The third-order valence-electron chi connectivity index (χ3n) is 3.00. The van der Waals surface area contributed by atoms with Crippen LogP contribution in [0.25, 0.3) is 0 Å². The molecule has 1 fully saturated rings. The molecule has 17 heavy (non-hydrogen) atoms. The molecule has 1 aliphatic heterocycles. The summed E-state index contributed by atoms with van der Waals surface area (Å²) in [6, 6.07) is 3.17. The van der Waals surface area contributed by atoms with Crippen molar-refractivity contribution in [2.45, 2.75) is 25.8 Å². The van der Waals surface area contributed by atoms with Crippen molar-refractivity contribution in [3.8, 4) is 0 Å². The van der Waals surface area contributed by atoms with Crippen LogP contribution in [0.3, 0.4) is 0 Å². The molecular weight excluding hydrogens is 222 g/mol. The molecule has 7 heteroatoms. The van der Waals surface area contributed by atoms with Crippen LogP contribution in [-0.2, 0) is 0 Å². The van der Waals surface area contributed by atoms with Gasteiger partial charge in [0, 0.05) is 12.6 Å². The van der Waals surface area contributed by atoms with Crippen LogP contribution in [0.2, 0.25) is 0 Å². The van der Waals surface area contributed by atoms with E-state index < -0.39 is 4.92 Å². The molecule has 0 spiro atoms. The van der Waals surface area contributed by atoms with Gasteiger partial charge in [-0.25, -0.2) is 10.8 Å². The summed E-state index contributed by atoms with van der Waals surface area (Å²) in [6.07, 6.45) is 2.16. The number of hydrogen-bond acceptors (Lipinski definition) is 6. The number of hydrogen-bond donors (Lipinski definition) is 2. The Morgan fingerprint density at radius 2 is 2.41 bits per heavy atom. The molecule has 0 aromatic carbocycles. The second kappa shape index (κ2) is 4.54.